The van der Waals surface area contributed by atoms with Crippen LogP contribution in [-0.4, -0.2) is 40.0 Å². The maximum absolute atomic E-state index is 13.3. The van der Waals surface area contributed by atoms with Crippen molar-refractivity contribution in [3.8, 4) is 0 Å². The van der Waals surface area contributed by atoms with Gasteiger partial charge in [-0.05, 0) is 6.42 Å². The summed E-state index contributed by atoms with van der Waals surface area (Å²) < 4.78 is 26.0. The van der Waals surface area contributed by atoms with E-state index in [0.717, 1.165) is 4.90 Å². The van der Waals surface area contributed by atoms with E-state index in [1.165, 1.54) is 0 Å². The quantitative estimate of drug-likeness (QED) is 0.864. The zero-order valence-electron chi connectivity index (χ0n) is 9.69. The highest BCUT2D eigenvalue weighted by atomic mass is 19.1. The monoisotopic (exact) mass is 258 g/mol. The first-order valence-electron chi connectivity index (χ1n) is 5.27. The van der Waals surface area contributed by atoms with Gasteiger partial charge in [0.25, 0.3) is 5.91 Å². The van der Waals surface area contributed by atoms with Crippen LogP contribution in [0.15, 0.2) is 12.3 Å². The predicted molar refractivity (Wildman–Crippen MR) is 58.0 cm³/mol. The van der Waals surface area contributed by atoms with Crippen molar-refractivity contribution in [2.24, 2.45) is 0 Å². The minimum absolute atomic E-state index is 0.156. The number of halogens is 2. The minimum atomic E-state index is -1.21. The Bertz CT molecular complexity index is 466. The first-order valence-corrected chi connectivity index (χ1v) is 5.27. The molecule has 1 N–H and O–H groups in total. The lowest BCUT2D eigenvalue weighted by atomic mass is 10.2. The first kappa shape index (κ1) is 14.0. The smallest absolute Gasteiger partial charge is 0.323 e. The molecule has 0 aliphatic rings. The summed E-state index contributed by atoms with van der Waals surface area (Å²) in [5.74, 6) is -4.08. The van der Waals surface area contributed by atoms with Crippen LogP contribution in [0.4, 0.5) is 8.78 Å². The van der Waals surface area contributed by atoms with Crippen molar-refractivity contribution in [2.45, 2.75) is 13.3 Å². The van der Waals surface area contributed by atoms with Crippen LogP contribution in [0.3, 0.4) is 0 Å². The molecule has 0 fully saturated rings. The first-order chi connectivity index (χ1) is 8.45. The lowest BCUT2D eigenvalue weighted by Gasteiger charge is -2.19. The summed E-state index contributed by atoms with van der Waals surface area (Å²) >= 11 is 0. The van der Waals surface area contributed by atoms with Gasteiger partial charge in [0, 0.05) is 12.6 Å². The normalized spacial score (nSPS) is 10.2. The number of hydrogen-bond donors (Lipinski definition) is 1. The van der Waals surface area contributed by atoms with Gasteiger partial charge in [-0.25, -0.2) is 13.8 Å². The van der Waals surface area contributed by atoms with Crippen LogP contribution in [-0.2, 0) is 4.79 Å². The number of amides is 1. The van der Waals surface area contributed by atoms with Crippen molar-refractivity contribution < 1.29 is 23.5 Å². The molecule has 18 heavy (non-hydrogen) atoms. The van der Waals surface area contributed by atoms with E-state index >= 15 is 0 Å². The lowest BCUT2D eigenvalue weighted by Crippen LogP contribution is -2.37. The van der Waals surface area contributed by atoms with Gasteiger partial charge in [-0.3, -0.25) is 9.59 Å². The zero-order chi connectivity index (χ0) is 13.7. The predicted octanol–water partition coefficient (Wildman–Crippen LogP) is 1.30. The van der Waals surface area contributed by atoms with Gasteiger partial charge in [0.1, 0.15) is 12.4 Å². The summed E-state index contributed by atoms with van der Waals surface area (Å²) in [6, 6.07) is 0.533. The largest absolute Gasteiger partial charge is 0.480 e. The van der Waals surface area contributed by atoms with Crippen LogP contribution in [0.25, 0.3) is 0 Å². The fraction of sp³-hybridized carbons (Fsp3) is 0.364. The average Bonchev–Trinajstić information content (AvgIpc) is 2.27. The molecule has 0 saturated heterocycles. The number of carbonyl (C=O) groups is 2. The average molecular weight is 258 g/mol. The molecule has 98 valence electrons. The van der Waals surface area contributed by atoms with Crippen LogP contribution < -0.4 is 0 Å². The van der Waals surface area contributed by atoms with E-state index in [1.54, 1.807) is 6.92 Å². The second-order valence-corrected chi connectivity index (χ2v) is 3.60. The lowest BCUT2D eigenvalue weighted by molar-refractivity contribution is -0.137. The maximum atomic E-state index is 13.3. The topological polar surface area (TPSA) is 70.5 Å². The number of carboxylic acids is 1. The highest BCUT2D eigenvalue weighted by molar-refractivity contribution is 5.94. The van der Waals surface area contributed by atoms with Crippen LogP contribution >= 0.6 is 0 Å². The van der Waals surface area contributed by atoms with E-state index in [0.29, 0.717) is 18.7 Å². The Kier molecular flexibility index (Phi) is 4.70. The van der Waals surface area contributed by atoms with Crippen LogP contribution in [0.5, 0.6) is 0 Å². The molecular weight excluding hydrogens is 246 g/mol. The van der Waals surface area contributed by atoms with Gasteiger partial charge in [-0.15, -0.1) is 0 Å². The molecule has 0 aliphatic carbocycles. The van der Waals surface area contributed by atoms with Crippen molar-refractivity contribution in [1.82, 2.24) is 9.88 Å². The molecule has 0 bridgehead atoms. The number of pyridine rings is 1. The van der Waals surface area contributed by atoms with E-state index in [1.807, 2.05) is 0 Å². The molecule has 5 nitrogen and oxygen atoms in total. The SMILES string of the molecule is CCCN(CC(=O)O)C(=O)c1ncc(F)cc1F. The minimum Gasteiger partial charge on any atom is -0.480 e. The molecule has 1 rings (SSSR count). The molecule has 1 amide bonds. The van der Waals surface area contributed by atoms with E-state index in [2.05, 4.69) is 4.98 Å². The summed E-state index contributed by atoms with van der Waals surface area (Å²) in [5, 5.41) is 8.65. The van der Waals surface area contributed by atoms with Crippen LogP contribution in [0.2, 0.25) is 0 Å². The zero-order valence-corrected chi connectivity index (χ0v) is 9.69. The van der Waals surface area contributed by atoms with Crippen molar-refractivity contribution in [1.29, 1.82) is 0 Å². The third-order valence-electron chi connectivity index (χ3n) is 2.12. The van der Waals surface area contributed by atoms with Gasteiger partial charge < -0.3 is 10.0 Å². The van der Waals surface area contributed by atoms with Gasteiger partial charge in [0.2, 0.25) is 0 Å². The Hall–Kier alpha value is -2.05. The molecule has 7 heteroatoms. The molecule has 0 radical (unpaired) electrons. The fourth-order valence-electron chi connectivity index (χ4n) is 1.41. The number of rotatable bonds is 5. The summed E-state index contributed by atoms with van der Waals surface area (Å²) in [5.41, 5.74) is -0.578. The molecule has 1 aromatic rings. The standard InChI is InChI=1S/C11H12F2N2O3/c1-2-3-15(6-9(16)17)11(18)10-8(13)4-7(12)5-14-10/h4-5H,2-3,6H2,1H3,(H,16,17). The molecule has 0 spiro atoms. The van der Waals surface area contributed by atoms with Gasteiger partial charge in [-0.1, -0.05) is 6.92 Å². The van der Waals surface area contributed by atoms with E-state index < -0.39 is 35.7 Å². The summed E-state index contributed by atoms with van der Waals surface area (Å²) in [6.45, 7) is 1.35. The molecule has 0 aromatic carbocycles. The number of hydrogen-bond acceptors (Lipinski definition) is 3. The number of carboxylic acid groups (broad SMARTS) is 1. The molecule has 0 atom stereocenters. The molecule has 0 unspecified atom stereocenters. The Morgan fingerprint density at radius 1 is 1.44 bits per heavy atom. The second kappa shape index (κ2) is 6.04. The number of aromatic nitrogens is 1. The Balaban J connectivity index is 2.97. The third kappa shape index (κ3) is 3.47. The van der Waals surface area contributed by atoms with Gasteiger partial charge >= 0.3 is 5.97 Å². The summed E-state index contributed by atoms with van der Waals surface area (Å²) in [6.07, 6.45) is 1.23. The van der Waals surface area contributed by atoms with Crippen molar-refractivity contribution in [3.63, 3.8) is 0 Å². The van der Waals surface area contributed by atoms with Crippen molar-refractivity contribution in [2.75, 3.05) is 13.1 Å². The van der Waals surface area contributed by atoms with E-state index in [9.17, 15) is 18.4 Å². The highest BCUT2D eigenvalue weighted by Crippen LogP contribution is 2.09. The summed E-state index contributed by atoms with van der Waals surface area (Å²) in [4.78, 5) is 26.7. The van der Waals surface area contributed by atoms with Gasteiger partial charge in [-0.2, -0.15) is 0 Å². The van der Waals surface area contributed by atoms with Crippen LogP contribution in [0, 0.1) is 11.6 Å². The Morgan fingerprint density at radius 3 is 2.61 bits per heavy atom. The van der Waals surface area contributed by atoms with Crippen molar-refractivity contribution >= 4 is 11.9 Å². The van der Waals surface area contributed by atoms with Crippen LogP contribution in [0.1, 0.15) is 23.8 Å². The third-order valence-corrected chi connectivity index (χ3v) is 2.12. The Labute approximate surface area is 102 Å². The van der Waals surface area contributed by atoms with Gasteiger partial charge in [0.15, 0.2) is 11.5 Å². The molecule has 0 saturated carbocycles. The molecule has 0 aliphatic heterocycles. The van der Waals surface area contributed by atoms with E-state index in [-0.39, 0.29) is 6.54 Å². The van der Waals surface area contributed by atoms with Crippen molar-refractivity contribution in [3.05, 3.63) is 29.6 Å². The van der Waals surface area contributed by atoms with Gasteiger partial charge in [0.05, 0.1) is 6.20 Å². The number of nitrogens with zero attached hydrogens (tertiary/aromatic N) is 2. The fourth-order valence-corrected chi connectivity index (χ4v) is 1.41. The number of aliphatic carboxylic acids is 1. The second-order valence-electron chi connectivity index (χ2n) is 3.60. The maximum Gasteiger partial charge on any atom is 0.323 e. The highest BCUT2D eigenvalue weighted by Gasteiger charge is 2.22. The molecule has 1 aromatic heterocycles. The molecule has 1 heterocycles. The van der Waals surface area contributed by atoms with E-state index in [4.69, 9.17) is 5.11 Å². The number of carbonyl (C=O) groups excluding carboxylic acids is 1. The molecular formula is C11H12F2N2O3. The summed E-state index contributed by atoms with van der Waals surface area (Å²) in [7, 11) is 0. The Morgan fingerprint density at radius 2 is 2.11 bits per heavy atom.